The molecule has 1 heterocycles. The second kappa shape index (κ2) is 7.96. The maximum absolute atomic E-state index is 13.2. The van der Waals surface area contributed by atoms with Gasteiger partial charge in [0, 0.05) is 25.6 Å². The average molecular weight is 289 g/mol. The maximum Gasteiger partial charge on any atom is 0.223 e. The predicted molar refractivity (Wildman–Crippen MR) is 73.1 cm³/mol. The summed E-state index contributed by atoms with van der Waals surface area (Å²) in [5, 5.41) is 5.97. The Labute approximate surface area is 118 Å². The van der Waals surface area contributed by atoms with Crippen LogP contribution in [-0.2, 0) is 4.79 Å². The van der Waals surface area contributed by atoms with E-state index in [2.05, 4.69) is 10.6 Å². The molecule has 0 unspecified atom stereocenters. The van der Waals surface area contributed by atoms with Gasteiger partial charge in [-0.1, -0.05) is 12.1 Å². The summed E-state index contributed by atoms with van der Waals surface area (Å²) >= 11 is 0. The first-order valence-corrected chi connectivity index (χ1v) is 6.10. The van der Waals surface area contributed by atoms with E-state index in [4.69, 9.17) is 4.74 Å². The second-order valence-corrected chi connectivity index (χ2v) is 4.36. The molecule has 0 saturated carbocycles. The van der Waals surface area contributed by atoms with Crippen LogP contribution in [0.4, 0.5) is 4.39 Å². The van der Waals surface area contributed by atoms with E-state index in [1.54, 1.807) is 18.2 Å². The van der Waals surface area contributed by atoms with E-state index < -0.39 is 5.82 Å². The minimum absolute atomic E-state index is 0. The molecule has 0 bridgehead atoms. The molecule has 4 nitrogen and oxygen atoms in total. The standard InChI is InChI=1S/C13H17FN2O2.ClH/c14-11-3-1-2-4-12(11)18-6-5-13(17)16-9-10-7-15-8-10;/h1-4,10,15H,5-9H2,(H,16,17);1H. The first-order valence-electron chi connectivity index (χ1n) is 6.10. The van der Waals surface area contributed by atoms with Crippen molar-refractivity contribution in [1.29, 1.82) is 0 Å². The number of nitrogens with one attached hydrogen (secondary N) is 2. The van der Waals surface area contributed by atoms with Crippen LogP contribution in [0, 0.1) is 11.7 Å². The second-order valence-electron chi connectivity index (χ2n) is 4.36. The van der Waals surface area contributed by atoms with Gasteiger partial charge in [0.1, 0.15) is 0 Å². The lowest BCUT2D eigenvalue weighted by Crippen LogP contribution is -2.48. The molecule has 1 saturated heterocycles. The summed E-state index contributed by atoms with van der Waals surface area (Å²) in [4.78, 5) is 11.5. The zero-order valence-electron chi connectivity index (χ0n) is 10.5. The summed E-state index contributed by atoms with van der Waals surface area (Å²) in [6.07, 6.45) is 0.245. The van der Waals surface area contributed by atoms with Crippen molar-refractivity contribution < 1.29 is 13.9 Å². The van der Waals surface area contributed by atoms with Crippen molar-refractivity contribution in [3.63, 3.8) is 0 Å². The number of rotatable bonds is 6. The Morgan fingerprint density at radius 3 is 2.79 bits per heavy atom. The Kier molecular flexibility index (Phi) is 6.59. The first kappa shape index (κ1) is 15.7. The van der Waals surface area contributed by atoms with Crippen LogP contribution in [0.2, 0.25) is 0 Å². The van der Waals surface area contributed by atoms with Gasteiger partial charge in [-0.2, -0.15) is 0 Å². The van der Waals surface area contributed by atoms with Gasteiger partial charge in [0.25, 0.3) is 0 Å². The number of halogens is 2. The molecule has 1 aliphatic rings. The zero-order chi connectivity index (χ0) is 12.8. The van der Waals surface area contributed by atoms with Crippen molar-refractivity contribution in [2.24, 2.45) is 5.92 Å². The highest BCUT2D eigenvalue weighted by Gasteiger charge is 2.16. The van der Waals surface area contributed by atoms with E-state index in [-0.39, 0.29) is 37.1 Å². The largest absolute Gasteiger partial charge is 0.490 e. The van der Waals surface area contributed by atoms with E-state index in [9.17, 15) is 9.18 Å². The first-order chi connectivity index (χ1) is 8.75. The van der Waals surface area contributed by atoms with E-state index in [0.717, 1.165) is 13.1 Å². The number of carbonyl (C=O) groups is 1. The number of ether oxygens (including phenoxy) is 1. The van der Waals surface area contributed by atoms with Crippen molar-refractivity contribution in [1.82, 2.24) is 10.6 Å². The highest BCUT2D eigenvalue weighted by Crippen LogP contribution is 2.15. The number of para-hydroxylation sites is 1. The van der Waals surface area contributed by atoms with E-state index in [1.165, 1.54) is 6.07 Å². The van der Waals surface area contributed by atoms with Crippen molar-refractivity contribution in [3.05, 3.63) is 30.1 Å². The SMILES string of the molecule is Cl.O=C(CCOc1ccccc1F)NCC1CNC1. The Hall–Kier alpha value is -1.33. The third kappa shape index (κ3) is 5.04. The van der Waals surface area contributed by atoms with Crippen molar-refractivity contribution in [3.8, 4) is 5.75 Å². The zero-order valence-corrected chi connectivity index (χ0v) is 11.3. The molecule has 0 radical (unpaired) electrons. The quantitative estimate of drug-likeness (QED) is 0.831. The molecule has 0 atom stereocenters. The predicted octanol–water partition coefficient (Wildman–Crippen LogP) is 1.35. The molecular weight excluding hydrogens is 271 g/mol. The normalized spacial score (nSPS) is 14.2. The average Bonchev–Trinajstić information content (AvgIpc) is 2.30. The van der Waals surface area contributed by atoms with Gasteiger partial charge in [-0.3, -0.25) is 4.79 Å². The monoisotopic (exact) mass is 288 g/mol. The highest BCUT2D eigenvalue weighted by molar-refractivity contribution is 5.85. The summed E-state index contributed by atoms with van der Waals surface area (Å²) in [6.45, 7) is 2.82. The molecule has 1 aromatic carbocycles. The molecule has 2 N–H and O–H groups in total. The van der Waals surface area contributed by atoms with Gasteiger partial charge in [-0.05, 0) is 12.1 Å². The Morgan fingerprint density at radius 2 is 2.16 bits per heavy atom. The summed E-state index contributed by atoms with van der Waals surface area (Å²) in [5.74, 6) is 0.270. The van der Waals surface area contributed by atoms with Crippen LogP contribution < -0.4 is 15.4 Å². The van der Waals surface area contributed by atoms with Gasteiger partial charge in [-0.25, -0.2) is 4.39 Å². The van der Waals surface area contributed by atoms with Crippen molar-refractivity contribution >= 4 is 18.3 Å². The molecule has 1 aromatic rings. The lowest BCUT2D eigenvalue weighted by atomic mass is 10.0. The molecule has 1 amide bonds. The van der Waals surface area contributed by atoms with Crippen LogP contribution in [0.1, 0.15) is 6.42 Å². The topological polar surface area (TPSA) is 50.4 Å². The molecule has 0 aromatic heterocycles. The number of carbonyl (C=O) groups excluding carboxylic acids is 1. The number of hydrogen-bond acceptors (Lipinski definition) is 3. The van der Waals surface area contributed by atoms with Crippen molar-refractivity contribution in [2.75, 3.05) is 26.2 Å². The third-order valence-corrected chi connectivity index (χ3v) is 2.88. The fraction of sp³-hybridized carbons (Fsp3) is 0.462. The van der Waals surface area contributed by atoms with Crippen LogP contribution in [0.25, 0.3) is 0 Å². The lowest BCUT2D eigenvalue weighted by molar-refractivity contribution is -0.121. The maximum atomic E-state index is 13.2. The van der Waals surface area contributed by atoms with Crippen LogP contribution in [0.15, 0.2) is 24.3 Å². The van der Waals surface area contributed by atoms with Crippen LogP contribution in [-0.4, -0.2) is 32.1 Å². The number of hydrogen-bond donors (Lipinski definition) is 2. The summed E-state index contributed by atoms with van der Waals surface area (Å²) < 4.78 is 18.4. The van der Waals surface area contributed by atoms with Gasteiger partial charge < -0.3 is 15.4 Å². The Morgan fingerprint density at radius 1 is 1.42 bits per heavy atom. The van der Waals surface area contributed by atoms with E-state index in [0.29, 0.717) is 12.5 Å². The summed E-state index contributed by atoms with van der Waals surface area (Å²) in [5.41, 5.74) is 0. The summed E-state index contributed by atoms with van der Waals surface area (Å²) in [7, 11) is 0. The van der Waals surface area contributed by atoms with Gasteiger partial charge in [0.2, 0.25) is 5.91 Å². The van der Waals surface area contributed by atoms with Crippen LogP contribution >= 0.6 is 12.4 Å². The lowest BCUT2D eigenvalue weighted by Gasteiger charge is -2.27. The minimum atomic E-state index is -0.404. The van der Waals surface area contributed by atoms with E-state index in [1.807, 2.05) is 0 Å². The molecule has 0 aliphatic carbocycles. The number of amides is 1. The Bertz CT molecular complexity index is 413. The molecule has 6 heteroatoms. The fourth-order valence-electron chi connectivity index (χ4n) is 1.65. The molecule has 1 aliphatic heterocycles. The van der Waals surface area contributed by atoms with Crippen molar-refractivity contribution in [2.45, 2.75) is 6.42 Å². The van der Waals surface area contributed by atoms with Gasteiger partial charge in [0.15, 0.2) is 11.6 Å². The smallest absolute Gasteiger partial charge is 0.223 e. The van der Waals surface area contributed by atoms with Gasteiger partial charge >= 0.3 is 0 Å². The van der Waals surface area contributed by atoms with Crippen LogP contribution in [0.3, 0.4) is 0 Å². The molecular formula is C13H18ClFN2O2. The molecule has 19 heavy (non-hydrogen) atoms. The van der Waals surface area contributed by atoms with Crippen LogP contribution in [0.5, 0.6) is 5.75 Å². The fourth-order valence-corrected chi connectivity index (χ4v) is 1.65. The van der Waals surface area contributed by atoms with E-state index >= 15 is 0 Å². The Balaban J connectivity index is 0.00000180. The summed E-state index contributed by atoms with van der Waals surface area (Å²) in [6, 6.07) is 6.18. The van der Waals surface area contributed by atoms with Gasteiger partial charge in [0.05, 0.1) is 13.0 Å². The highest BCUT2D eigenvalue weighted by atomic mass is 35.5. The van der Waals surface area contributed by atoms with Gasteiger partial charge in [-0.15, -0.1) is 12.4 Å². The molecule has 2 rings (SSSR count). The third-order valence-electron chi connectivity index (χ3n) is 2.88. The molecule has 0 spiro atoms. The molecule has 1 fully saturated rings. The number of benzene rings is 1. The minimum Gasteiger partial charge on any atom is -0.490 e. The molecule has 106 valence electrons.